The van der Waals surface area contributed by atoms with Gasteiger partial charge in [-0.15, -0.1) is 0 Å². The Morgan fingerprint density at radius 2 is 1.37 bits per heavy atom. The summed E-state index contributed by atoms with van der Waals surface area (Å²) < 4.78 is 6.47. The first kappa shape index (κ1) is 16.7. The maximum Gasteiger partial charge on any atom is 0.193 e. The van der Waals surface area contributed by atoms with Gasteiger partial charge in [-0.3, -0.25) is 0 Å². The average molecular weight is 299 g/mol. The lowest BCUT2D eigenvalue weighted by Gasteiger charge is -2.31. The molecule has 0 aliphatic heterocycles. The van der Waals surface area contributed by atoms with Crippen molar-refractivity contribution in [2.45, 2.75) is 64.8 Å². The molecule has 0 aliphatic rings. The molecule has 0 radical (unpaired) electrons. The van der Waals surface area contributed by atoms with Crippen molar-refractivity contribution >= 4 is 19.9 Å². The predicted molar refractivity (Wildman–Crippen MR) is 87.3 cm³/mol. The third-order valence-corrected chi connectivity index (χ3v) is 8.82. The third-order valence-electron chi connectivity index (χ3n) is 3.58. The van der Waals surface area contributed by atoms with Crippen LogP contribution in [0.15, 0.2) is 24.3 Å². The van der Waals surface area contributed by atoms with Crippen LogP contribution in [-0.4, -0.2) is 8.32 Å². The molecule has 1 rings (SSSR count). The lowest BCUT2D eigenvalue weighted by Crippen LogP contribution is -2.37. The van der Waals surface area contributed by atoms with Crippen LogP contribution in [0.5, 0.6) is 0 Å². The second-order valence-electron chi connectivity index (χ2n) is 5.35. The van der Waals surface area contributed by atoms with Crippen LogP contribution in [0.1, 0.15) is 45.6 Å². The summed E-state index contributed by atoms with van der Waals surface area (Å²) in [6.07, 6.45) is 3.73. The summed E-state index contributed by atoms with van der Waals surface area (Å²) in [5.74, 6) is 0. The molecule has 0 heterocycles. The van der Waals surface area contributed by atoms with Gasteiger partial charge in [0.05, 0.1) is 6.61 Å². The molecule has 1 aromatic rings. The largest absolute Gasteiger partial charge is 0.413 e. The molecule has 1 aromatic carbocycles. The van der Waals surface area contributed by atoms with E-state index < -0.39 is 8.32 Å². The van der Waals surface area contributed by atoms with Crippen molar-refractivity contribution in [2.24, 2.45) is 0 Å². The van der Waals surface area contributed by atoms with Crippen molar-refractivity contribution in [3.8, 4) is 0 Å². The van der Waals surface area contributed by atoms with Crippen molar-refractivity contribution in [2.75, 3.05) is 0 Å². The first-order valence-corrected chi connectivity index (χ1v) is 10.4. The molecule has 3 heteroatoms. The minimum Gasteiger partial charge on any atom is -0.413 e. The Kier molecular flexibility index (Phi) is 7.73. The van der Waals surface area contributed by atoms with Crippen LogP contribution in [0, 0.1) is 0 Å². The molecular weight excluding hydrogens is 272 g/mol. The zero-order chi connectivity index (χ0) is 14.1. The van der Waals surface area contributed by atoms with E-state index >= 15 is 0 Å². The zero-order valence-electron chi connectivity index (χ0n) is 12.5. The monoisotopic (exact) mass is 298 g/mol. The molecular formula is C16H27ClOSi. The highest BCUT2D eigenvalue weighted by atomic mass is 35.5. The fourth-order valence-electron chi connectivity index (χ4n) is 2.78. The van der Waals surface area contributed by atoms with Crippen LogP contribution in [0.4, 0.5) is 0 Å². The topological polar surface area (TPSA) is 9.23 Å². The van der Waals surface area contributed by atoms with Gasteiger partial charge in [-0.25, -0.2) is 0 Å². The van der Waals surface area contributed by atoms with Crippen LogP contribution in [0.2, 0.25) is 23.2 Å². The fourth-order valence-corrected chi connectivity index (χ4v) is 7.29. The molecule has 0 unspecified atom stereocenters. The van der Waals surface area contributed by atoms with Crippen molar-refractivity contribution in [1.82, 2.24) is 0 Å². The fraction of sp³-hybridized carbons (Fsp3) is 0.625. The number of halogens is 1. The highest BCUT2D eigenvalue weighted by Gasteiger charge is 2.31. The predicted octanol–water partition coefficient (Wildman–Crippen LogP) is 6.03. The molecule has 0 N–H and O–H groups in total. The molecule has 0 aromatic heterocycles. The molecule has 0 bridgehead atoms. The van der Waals surface area contributed by atoms with Gasteiger partial charge in [-0.05, 0) is 35.8 Å². The molecule has 108 valence electrons. The molecule has 0 saturated heterocycles. The quantitative estimate of drug-likeness (QED) is 0.506. The van der Waals surface area contributed by atoms with E-state index in [4.69, 9.17) is 16.0 Å². The lowest BCUT2D eigenvalue weighted by molar-refractivity contribution is 0.283. The second-order valence-corrected chi connectivity index (χ2v) is 9.94. The van der Waals surface area contributed by atoms with Gasteiger partial charge in [-0.2, -0.15) is 0 Å². The minimum atomic E-state index is -1.52. The van der Waals surface area contributed by atoms with E-state index in [9.17, 15) is 0 Å². The third kappa shape index (κ3) is 5.68. The first-order chi connectivity index (χ1) is 9.15. The summed E-state index contributed by atoms with van der Waals surface area (Å²) in [6, 6.07) is 11.9. The van der Waals surface area contributed by atoms with E-state index in [1.165, 1.54) is 43.0 Å². The minimum absolute atomic E-state index is 0.753. The van der Waals surface area contributed by atoms with Crippen LogP contribution in [0.25, 0.3) is 0 Å². The van der Waals surface area contributed by atoms with Crippen LogP contribution in [-0.2, 0) is 11.0 Å². The molecule has 0 spiro atoms. The normalized spacial score (nSPS) is 11.8. The average Bonchev–Trinajstić information content (AvgIpc) is 2.39. The Balaban J connectivity index is 2.67. The number of rotatable bonds is 9. The van der Waals surface area contributed by atoms with Crippen LogP contribution < -0.4 is 0 Å². The maximum atomic E-state index is 6.47. The molecule has 0 fully saturated rings. The van der Waals surface area contributed by atoms with Gasteiger partial charge in [0.2, 0.25) is 0 Å². The number of benzene rings is 1. The van der Waals surface area contributed by atoms with E-state index in [1.807, 2.05) is 12.1 Å². The SMILES string of the molecule is CCC[Si](CCC)(CCC)OCc1ccc(Cl)cc1. The van der Waals surface area contributed by atoms with Gasteiger partial charge >= 0.3 is 0 Å². The zero-order valence-corrected chi connectivity index (χ0v) is 14.3. The standard InChI is InChI=1S/C16H27ClOSi/c1-4-11-19(12-5-2,13-6-3)18-14-15-7-9-16(17)10-8-15/h7-10H,4-6,11-14H2,1-3H3. The van der Waals surface area contributed by atoms with Crippen molar-refractivity contribution in [3.63, 3.8) is 0 Å². The Hall–Kier alpha value is -0.313. The van der Waals surface area contributed by atoms with Gasteiger partial charge in [-0.1, -0.05) is 63.8 Å². The lowest BCUT2D eigenvalue weighted by atomic mass is 10.2. The van der Waals surface area contributed by atoms with Crippen molar-refractivity contribution < 1.29 is 4.43 Å². The molecule has 0 saturated carbocycles. The van der Waals surface area contributed by atoms with Gasteiger partial charge in [0.1, 0.15) is 0 Å². The van der Waals surface area contributed by atoms with Crippen molar-refractivity contribution in [1.29, 1.82) is 0 Å². The summed E-state index contributed by atoms with van der Waals surface area (Å²) in [4.78, 5) is 0. The van der Waals surface area contributed by atoms with Crippen LogP contribution in [0.3, 0.4) is 0 Å². The van der Waals surface area contributed by atoms with Crippen molar-refractivity contribution in [3.05, 3.63) is 34.9 Å². The highest BCUT2D eigenvalue weighted by molar-refractivity contribution is 6.73. The number of hydrogen-bond acceptors (Lipinski definition) is 1. The number of hydrogen-bond donors (Lipinski definition) is 0. The van der Waals surface area contributed by atoms with E-state index in [0.29, 0.717) is 0 Å². The van der Waals surface area contributed by atoms with Gasteiger partial charge in [0, 0.05) is 5.02 Å². The van der Waals surface area contributed by atoms with E-state index in [0.717, 1.165) is 11.6 Å². The summed E-state index contributed by atoms with van der Waals surface area (Å²) in [5.41, 5.74) is 1.24. The van der Waals surface area contributed by atoms with Gasteiger partial charge in [0.15, 0.2) is 8.32 Å². The Labute approximate surface area is 124 Å². The molecule has 0 aliphatic carbocycles. The van der Waals surface area contributed by atoms with Gasteiger partial charge < -0.3 is 4.43 Å². The van der Waals surface area contributed by atoms with Crippen LogP contribution >= 0.6 is 11.6 Å². The Morgan fingerprint density at radius 3 is 1.79 bits per heavy atom. The Bertz CT molecular complexity index is 333. The summed E-state index contributed by atoms with van der Waals surface area (Å²) >= 11 is 5.92. The van der Waals surface area contributed by atoms with E-state index in [-0.39, 0.29) is 0 Å². The smallest absolute Gasteiger partial charge is 0.193 e. The summed E-state index contributed by atoms with van der Waals surface area (Å²) in [6.45, 7) is 7.58. The summed E-state index contributed by atoms with van der Waals surface area (Å²) in [7, 11) is -1.52. The molecule has 19 heavy (non-hydrogen) atoms. The molecule has 0 amide bonds. The highest BCUT2D eigenvalue weighted by Crippen LogP contribution is 2.28. The van der Waals surface area contributed by atoms with E-state index in [2.05, 4.69) is 32.9 Å². The summed E-state index contributed by atoms with van der Waals surface area (Å²) in [5, 5.41) is 0.794. The second kappa shape index (κ2) is 8.78. The Morgan fingerprint density at radius 1 is 0.895 bits per heavy atom. The van der Waals surface area contributed by atoms with E-state index in [1.54, 1.807) is 0 Å². The first-order valence-electron chi connectivity index (χ1n) is 7.54. The maximum absolute atomic E-state index is 6.47. The molecule has 0 atom stereocenters. The molecule has 1 nitrogen and oxygen atoms in total. The van der Waals surface area contributed by atoms with Gasteiger partial charge in [0.25, 0.3) is 0 Å².